The molecule has 0 spiro atoms. The minimum atomic E-state index is 0.886. The molecular formula is C14H16N2. The zero-order valence-electron chi connectivity index (χ0n) is 9.48. The number of allylic oxidation sites excluding steroid dienone is 3. The Bertz CT molecular complexity index is 442. The second-order valence-electron chi connectivity index (χ2n) is 3.71. The maximum atomic E-state index is 4.32. The third-order valence-electron chi connectivity index (χ3n) is 2.48. The zero-order valence-corrected chi connectivity index (χ0v) is 9.48. The first-order valence-electron chi connectivity index (χ1n) is 5.62. The molecule has 1 aromatic rings. The van der Waals surface area contributed by atoms with Gasteiger partial charge in [-0.3, -0.25) is 4.98 Å². The van der Waals surface area contributed by atoms with Crippen molar-refractivity contribution in [3.63, 3.8) is 0 Å². The molecule has 0 saturated carbocycles. The van der Waals surface area contributed by atoms with E-state index in [9.17, 15) is 0 Å². The van der Waals surface area contributed by atoms with Crippen LogP contribution in [0.1, 0.15) is 24.6 Å². The van der Waals surface area contributed by atoms with Gasteiger partial charge in [0.2, 0.25) is 0 Å². The summed E-state index contributed by atoms with van der Waals surface area (Å²) in [7, 11) is 0. The fourth-order valence-electron chi connectivity index (χ4n) is 1.64. The second kappa shape index (κ2) is 5.31. The maximum Gasteiger partial charge on any atom is 0.0632 e. The minimum absolute atomic E-state index is 0.886. The van der Waals surface area contributed by atoms with E-state index in [1.165, 1.54) is 11.1 Å². The minimum Gasteiger partial charge on any atom is -0.387 e. The summed E-state index contributed by atoms with van der Waals surface area (Å²) in [5.41, 5.74) is 3.56. The lowest BCUT2D eigenvalue weighted by Crippen LogP contribution is -2.11. The van der Waals surface area contributed by atoms with Crippen molar-refractivity contribution in [3.8, 4) is 0 Å². The quantitative estimate of drug-likeness (QED) is 0.833. The fraction of sp³-hybridized carbons (Fsp3) is 0.214. The van der Waals surface area contributed by atoms with Crippen molar-refractivity contribution in [3.05, 3.63) is 54.0 Å². The summed E-state index contributed by atoms with van der Waals surface area (Å²) in [5.74, 6) is 0. The van der Waals surface area contributed by atoms with Gasteiger partial charge in [0.15, 0.2) is 0 Å². The summed E-state index contributed by atoms with van der Waals surface area (Å²) < 4.78 is 0. The first kappa shape index (κ1) is 10.7. The zero-order chi connectivity index (χ0) is 11.2. The largest absolute Gasteiger partial charge is 0.387 e. The molecule has 0 saturated heterocycles. The maximum absolute atomic E-state index is 4.32. The third-order valence-corrected chi connectivity index (χ3v) is 2.48. The summed E-state index contributed by atoms with van der Waals surface area (Å²) in [6, 6.07) is 4.18. The Balaban J connectivity index is 2.24. The van der Waals surface area contributed by atoms with Crippen LogP contribution in [0.3, 0.4) is 0 Å². The van der Waals surface area contributed by atoms with Crippen LogP contribution in [-0.2, 0) is 0 Å². The molecule has 0 aliphatic carbocycles. The van der Waals surface area contributed by atoms with Crippen molar-refractivity contribution in [2.75, 3.05) is 6.54 Å². The van der Waals surface area contributed by atoms with Crippen LogP contribution in [0, 0.1) is 0 Å². The van der Waals surface area contributed by atoms with Gasteiger partial charge in [-0.25, -0.2) is 0 Å². The van der Waals surface area contributed by atoms with Crippen molar-refractivity contribution in [1.29, 1.82) is 0 Å². The lowest BCUT2D eigenvalue weighted by molar-refractivity contribution is 0.985. The number of nitrogens with zero attached hydrogens (tertiary/aromatic N) is 1. The van der Waals surface area contributed by atoms with Crippen molar-refractivity contribution in [2.24, 2.45) is 0 Å². The summed E-state index contributed by atoms with van der Waals surface area (Å²) in [6.45, 7) is 3.01. The summed E-state index contributed by atoms with van der Waals surface area (Å²) in [4.78, 5) is 4.32. The van der Waals surface area contributed by atoms with Crippen LogP contribution in [-0.4, -0.2) is 11.5 Å². The van der Waals surface area contributed by atoms with Crippen LogP contribution in [0.25, 0.3) is 11.6 Å². The van der Waals surface area contributed by atoms with Gasteiger partial charge in [0.05, 0.1) is 5.69 Å². The molecule has 16 heavy (non-hydrogen) atoms. The smallest absolute Gasteiger partial charge is 0.0632 e. The monoisotopic (exact) mass is 212 g/mol. The van der Waals surface area contributed by atoms with Crippen LogP contribution in [0.2, 0.25) is 0 Å². The van der Waals surface area contributed by atoms with Crippen molar-refractivity contribution >= 4 is 11.6 Å². The highest BCUT2D eigenvalue weighted by atomic mass is 14.8. The molecule has 0 fully saturated rings. The number of hydrogen-bond donors (Lipinski definition) is 1. The number of pyridine rings is 1. The molecule has 1 aliphatic heterocycles. The molecule has 2 nitrogen and oxygen atoms in total. The molecule has 1 aliphatic rings. The van der Waals surface area contributed by atoms with Gasteiger partial charge in [-0.2, -0.15) is 0 Å². The van der Waals surface area contributed by atoms with Gasteiger partial charge in [-0.1, -0.05) is 19.1 Å². The summed E-state index contributed by atoms with van der Waals surface area (Å²) >= 11 is 0. The van der Waals surface area contributed by atoms with Crippen molar-refractivity contribution < 1.29 is 0 Å². The van der Waals surface area contributed by atoms with Crippen LogP contribution in [0.5, 0.6) is 0 Å². The van der Waals surface area contributed by atoms with Gasteiger partial charge in [-0.15, -0.1) is 0 Å². The number of hydrogen-bond acceptors (Lipinski definition) is 2. The van der Waals surface area contributed by atoms with Crippen molar-refractivity contribution in [1.82, 2.24) is 10.3 Å². The average Bonchev–Trinajstić information content (AvgIpc) is 2.38. The number of aromatic nitrogens is 1. The predicted octanol–water partition coefficient (Wildman–Crippen LogP) is 3.01. The van der Waals surface area contributed by atoms with Crippen LogP contribution >= 0.6 is 0 Å². The van der Waals surface area contributed by atoms with Crippen LogP contribution < -0.4 is 5.32 Å². The summed E-state index contributed by atoms with van der Waals surface area (Å²) in [6.07, 6.45) is 13.2. The lowest BCUT2D eigenvalue weighted by Gasteiger charge is -2.11. The Morgan fingerprint density at radius 3 is 3.19 bits per heavy atom. The number of dihydropyridines is 1. The van der Waals surface area contributed by atoms with E-state index in [2.05, 4.69) is 47.6 Å². The predicted molar refractivity (Wildman–Crippen MR) is 68.7 cm³/mol. The topological polar surface area (TPSA) is 24.9 Å². The molecule has 0 amide bonds. The molecule has 0 unspecified atom stereocenters. The van der Waals surface area contributed by atoms with E-state index in [0.29, 0.717) is 0 Å². The normalized spacial score (nSPS) is 14.9. The first-order chi connectivity index (χ1) is 7.90. The van der Waals surface area contributed by atoms with Gasteiger partial charge in [-0.05, 0) is 48.0 Å². The third kappa shape index (κ3) is 2.60. The number of nitrogens with one attached hydrogen (secondary N) is 1. The Labute approximate surface area is 96.4 Å². The highest BCUT2D eigenvalue weighted by Crippen LogP contribution is 2.16. The van der Waals surface area contributed by atoms with E-state index in [4.69, 9.17) is 0 Å². The molecule has 2 rings (SSSR count). The Morgan fingerprint density at radius 1 is 1.50 bits per heavy atom. The SMILES string of the molecule is CC/C=C/c1cc(C2=CC=CNC2)ccn1. The molecule has 0 bridgehead atoms. The second-order valence-corrected chi connectivity index (χ2v) is 3.71. The summed E-state index contributed by atoms with van der Waals surface area (Å²) in [5, 5.41) is 3.21. The van der Waals surface area contributed by atoms with Gasteiger partial charge in [0.1, 0.15) is 0 Å². The van der Waals surface area contributed by atoms with E-state index in [1.807, 2.05) is 18.5 Å². The molecule has 0 radical (unpaired) electrons. The highest BCUT2D eigenvalue weighted by Gasteiger charge is 2.02. The van der Waals surface area contributed by atoms with E-state index in [1.54, 1.807) is 0 Å². The van der Waals surface area contributed by atoms with Gasteiger partial charge < -0.3 is 5.32 Å². The van der Waals surface area contributed by atoms with E-state index >= 15 is 0 Å². The molecule has 0 aromatic carbocycles. The average molecular weight is 212 g/mol. The Morgan fingerprint density at radius 2 is 2.44 bits per heavy atom. The molecule has 2 heteroatoms. The van der Waals surface area contributed by atoms with Gasteiger partial charge >= 0.3 is 0 Å². The molecule has 0 atom stereocenters. The first-order valence-corrected chi connectivity index (χ1v) is 5.62. The Hall–Kier alpha value is -1.83. The lowest BCUT2D eigenvalue weighted by atomic mass is 10.0. The molecule has 1 N–H and O–H groups in total. The Kier molecular flexibility index (Phi) is 3.54. The van der Waals surface area contributed by atoms with E-state index in [-0.39, 0.29) is 0 Å². The molecule has 1 aromatic heterocycles. The van der Waals surface area contributed by atoms with Crippen molar-refractivity contribution in [2.45, 2.75) is 13.3 Å². The standard InChI is InChI=1S/C14H16N2/c1-2-3-6-14-10-12(7-9-16-14)13-5-4-8-15-11-13/h3-10,15H,2,11H2,1H3/b6-3+. The van der Waals surface area contributed by atoms with Crippen LogP contribution in [0.4, 0.5) is 0 Å². The molecule has 82 valence electrons. The van der Waals surface area contributed by atoms with E-state index < -0.39 is 0 Å². The fourth-order valence-corrected chi connectivity index (χ4v) is 1.64. The van der Waals surface area contributed by atoms with Gasteiger partial charge in [0.25, 0.3) is 0 Å². The molecule has 2 heterocycles. The van der Waals surface area contributed by atoms with Crippen LogP contribution in [0.15, 0.2) is 42.8 Å². The number of rotatable bonds is 3. The van der Waals surface area contributed by atoms with E-state index in [0.717, 1.165) is 18.7 Å². The van der Waals surface area contributed by atoms with Gasteiger partial charge in [0, 0.05) is 12.7 Å². The molecular weight excluding hydrogens is 196 g/mol. The highest BCUT2D eigenvalue weighted by molar-refractivity contribution is 5.70.